The largest absolute Gasteiger partial charge is 0.497 e. The van der Waals surface area contributed by atoms with Gasteiger partial charge in [0.1, 0.15) is 12.3 Å². The molecule has 0 saturated heterocycles. The first kappa shape index (κ1) is 26.2. The predicted octanol–water partition coefficient (Wildman–Crippen LogP) is 3.43. The quantitative estimate of drug-likeness (QED) is 0.409. The summed E-state index contributed by atoms with van der Waals surface area (Å²) in [6, 6.07) is 14.0. The van der Waals surface area contributed by atoms with Gasteiger partial charge in [0.2, 0.25) is 11.8 Å². The molecule has 1 saturated carbocycles. The number of amides is 2. The number of aromatic nitrogens is 2. The van der Waals surface area contributed by atoms with E-state index in [1.807, 2.05) is 0 Å². The fourth-order valence-electron chi connectivity index (χ4n) is 4.87. The van der Waals surface area contributed by atoms with Crippen LogP contribution in [0.15, 0.2) is 58.1 Å². The van der Waals surface area contributed by atoms with Crippen molar-refractivity contribution < 1.29 is 14.3 Å². The maximum Gasteiger partial charge on any atom is 0.331 e. The van der Waals surface area contributed by atoms with Crippen molar-refractivity contribution in [1.82, 2.24) is 14.5 Å². The number of carbonyl (C=O) groups excluding carboxylic acids is 2. The molecule has 2 N–H and O–H groups in total. The molecule has 1 aromatic heterocycles. The molecule has 0 atom stereocenters. The highest BCUT2D eigenvalue weighted by atomic mass is 16.5. The van der Waals surface area contributed by atoms with Crippen LogP contribution in [0.2, 0.25) is 0 Å². The van der Waals surface area contributed by atoms with Crippen molar-refractivity contribution in [2.45, 2.75) is 70.5 Å². The molecule has 2 amide bonds. The third kappa shape index (κ3) is 6.67. The molecule has 0 radical (unpaired) electrons. The van der Waals surface area contributed by atoms with Crippen molar-refractivity contribution in [3.8, 4) is 5.75 Å². The van der Waals surface area contributed by atoms with Crippen molar-refractivity contribution in [1.29, 1.82) is 0 Å². The first-order valence-corrected chi connectivity index (χ1v) is 12.9. The van der Waals surface area contributed by atoms with E-state index in [0.717, 1.165) is 25.7 Å². The van der Waals surface area contributed by atoms with Crippen molar-refractivity contribution >= 4 is 28.4 Å². The fraction of sp³-hybridized carbons (Fsp3) is 0.429. The molecule has 0 aliphatic heterocycles. The SMILES string of the molecule is COc1cccc(NC(=O)Cn2c(=O)n(CCCCC(=O)NC3CCCCC3)c(=O)c3ccccc32)c1. The molecule has 0 spiro atoms. The van der Waals surface area contributed by atoms with E-state index in [9.17, 15) is 19.2 Å². The number of anilines is 1. The molecular formula is C28H34N4O5. The smallest absolute Gasteiger partial charge is 0.331 e. The molecule has 4 rings (SSSR count). The molecule has 1 fully saturated rings. The Hall–Kier alpha value is -3.88. The van der Waals surface area contributed by atoms with Crippen LogP contribution in [0.25, 0.3) is 10.9 Å². The highest BCUT2D eigenvalue weighted by Crippen LogP contribution is 2.18. The van der Waals surface area contributed by atoms with Crippen molar-refractivity contribution in [2.24, 2.45) is 0 Å². The van der Waals surface area contributed by atoms with Gasteiger partial charge in [-0.2, -0.15) is 0 Å². The Morgan fingerprint density at radius 2 is 1.73 bits per heavy atom. The number of carbonyl (C=O) groups is 2. The first-order chi connectivity index (χ1) is 18.0. The molecule has 0 bridgehead atoms. The van der Waals surface area contributed by atoms with Gasteiger partial charge in [0.05, 0.1) is 18.0 Å². The lowest BCUT2D eigenvalue weighted by Gasteiger charge is -2.22. The van der Waals surface area contributed by atoms with E-state index in [-0.39, 0.29) is 25.0 Å². The van der Waals surface area contributed by atoms with Gasteiger partial charge in [-0.05, 0) is 49.9 Å². The summed E-state index contributed by atoms with van der Waals surface area (Å²) in [5, 5.41) is 6.24. The Bertz CT molecular complexity index is 1370. The zero-order chi connectivity index (χ0) is 26.2. The zero-order valence-corrected chi connectivity index (χ0v) is 21.2. The van der Waals surface area contributed by atoms with Crippen LogP contribution in [0.5, 0.6) is 5.75 Å². The van der Waals surface area contributed by atoms with E-state index in [0.29, 0.717) is 41.6 Å². The molecule has 2 aromatic carbocycles. The van der Waals surface area contributed by atoms with Crippen molar-refractivity contribution in [3.05, 3.63) is 69.4 Å². The number of rotatable bonds is 10. The normalized spacial score (nSPS) is 13.9. The lowest BCUT2D eigenvalue weighted by Crippen LogP contribution is -2.41. The fourth-order valence-corrected chi connectivity index (χ4v) is 4.87. The zero-order valence-electron chi connectivity index (χ0n) is 21.2. The van der Waals surface area contributed by atoms with E-state index in [1.54, 1.807) is 55.6 Å². The molecule has 37 heavy (non-hydrogen) atoms. The maximum absolute atomic E-state index is 13.3. The van der Waals surface area contributed by atoms with Crippen LogP contribution in [0.1, 0.15) is 51.4 Å². The molecule has 9 heteroatoms. The number of methoxy groups -OCH3 is 1. The first-order valence-electron chi connectivity index (χ1n) is 12.9. The molecule has 0 unspecified atom stereocenters. The van der Waals surface area contributed by atoms with E-state index in [1.165, 1.54) is 15.6 Å². The minimum absolute atomic E-state index is 0.0179. The third-order valence-electron chi connectivity index (χ3n) is 6.79. The molecule has 1 heterocycles. The van der Waals surface area contributed by atoms with Crippen LogP contribution in [-0.2, 0) is 22.7 Å². The van der Waals surface area contributed by atoms with Crippen LogP contribution in [0, 0.1) is 0 Å². The Balaban J connectivity index is 1.45. The number of fused-ring (bicyclic) bond motifs is 1. The van der Waals surface area contributed by atoms with Crippen LogP contribution in [-0.4, -0.2) is 34.1 Å². The lowest BCUT2D eigenvalue weighted by molar-refractivity contribution is -0.122. The number of nitrogens with zero attached hydrogens (tertiary/aromatic N) is 2. The second-order valence-corrected chi connectivity index (χ2v) is 9.48. The second kappa shape index (κ2) is 12.4. The average Bonchev–Trinajstić information content (AvgIpc) is 2.91. The monoisotopic (exact) mass is 506 g/mol. The predicted molar refractivity (Wildman–Crippen MR) is 143 cm³/mol. The van der Waals surface area contributed by atoms with Gasteiger partial charge in [-0.1, -0.05) is 37.5 Å². The molecule has 9 nitrogen and oxygen atoms in total. The van der Waals surface area contributed by atoms with Gasteiger partial charge >= 0.3 is 5.69 Å². The molecule has 1 aliphatic rings. The van der Waals surface area contributed by atoms with Gasteiger partial charge < -0.3 is 15.4 Å². The van der Waals surface area contributed by atoms with Gasteiger partial charge in [0, 0.05) is 30.8 Å². The van der Waals surface area contributed by atoms with Gasteiger partial charge in [-0.15, -0.1) is 0 Å². The van der Waals surface area contributed by atoms with E-state index < -0.39 is 17.2 Å². The average molecular weight is 507 g/mol. The topological polar surface area (TPSA) is 111 Å². The molecule has 1 aliphatic carbocycles. The van der Waals surface area contributed by atoms with Crippen LogP contribution < -0.4 is 26.6 Å². The van der Waals surface area contributed by atoms with Gasteiger partial charge in [-0.25, -0.2) is 4.79 Å². The van der Waals surface area contributed by atoms with Crippen LogP contribution in [0.3, 0.4) is 0 Å². The highest BCUT2D eigenvalue weighted by molar-refractivity contribution is 5.91. The summed E-state index contributed by atoms with van der Waals surface area (Å²) in [6.07, 6.45) is 7.02. The standard InChI is InChI=1S/C28H34N4O5/c1-37-22-13-9-12-21(18-22)30-26(34)19-32-24-15-6-5-14-23(24)27(35)31(28(32)36)17-8-7-16-25(33)29-20-10-3-2-4-11-20/h5-6,9,12-15,18,20H,2-4,7-8,10-11,16-17,19H2,1H3,(H,29,33)(H,30,34). The maximum atomic E-state index is 13.3. The molecule has 196 valence electrons. The minimum atomic E-state index is -0.545. The number of nitrogens with one attached hydrogen (secondary N) is 2. The van der Waals surface area contributed by atoms with Crippen LogP contribution >= 0.6 is 0 Å². The van der Waals surface area contributed by atoms with Gasteiger partial charge in [0.15, 0.2) is 0 Å². The van der Waals surface area contributed by atoms with Crippen molar-refractivity contribution in [3.63, 3.8) is 0 Å². The third-order valence-corrected chi connectivity index (χ3v) is 6.79. The summed E-state index contributed by atoms with van der Waals surface area (Å²) in [5.74, 6) is 0.218. The van der Waals surface area contributed by atoms with E-state index in [2.05, 4.69) is 10.6 Å². The number of hydrogen-bond donors (Lipinski definition) is 2. The summed E-state index contributed by atoms with van der Waals surface area (Å²) in [6.45, 7) is -0.0721. The minimum Gasteiger partial charge on any atom is -0.497 e. The molecular weight excluding hydrogens is 472 g/mol. The summed E-state index contributed by atoms with van der Waals surface area (Å²) < 4.78 is 7.68. The summed E-state index contributed by atoms with van der Waals surface area (Å²) in [4.78, 5) is 51.6. The Morgan fingerprint density at radius 1 is 0.946 bits per heavy atom. The number of unbranched alkanes of at least 4 members (excludes halogenated alkanes) is 1. The van der Waals surface area contributed by atoms with Gasteiger partial charge in [0.25, 0.3) is 5.56 Å². The molecule has 3 aromatic rings. The summed E-state index contributed by atoms with van der Waals surface area (Å²) in [5.41, 5.74) is 0.00999. The van der Waals surface area contributed by atoms with Crippen LogP contribution in [0.4, 0.5) is 5.69 Å². The van der Waals surface area contributed by atoms with Crippen molar-refractivity contribution in [2.75, 3.05) is 12.4 Å². The van der Waals surface area contributed by atoms with Gasteiger partial charge in [-0.3, -0.25) is 23.5 Å². The summed E-state index contributed by atoms with van der Waals surface area (Å²) >= 11 is 0. The Labute approximate surface area is 215 Å². The highest BCUT2D eigenvalue weighted by Gasteiger charge is 2.17. The summed E-state index contributed by atoms with van der Waals surface area (Å²) in [7, 11) is 1.54. The number of hydrogen-bond acceptors (Lipinski definition) is 5. The Kier molecular flexibility index (Phi) is 8.77. The lowest BCUT2D eigenvalue weighted by atomic mass is 9.95. The van der Waals surface area contributed by atoms with E-state index >= 15 is 0 Å². The number of para-hydroxylation sites is 1. The Morgan fingerprint density at radius 3 is 2.51 bits per heavy atom. The second-order valence-electron chi connectivity index (χ2n) is 9.48. The van der Waals surface area contributed by atoms with E-state index in [4.69, 9.17) is 4.74 Å². The number of ether oxygens (including phenoxy) is 1. The number of benzene rings is 2.